The Morgan fingerprint density at radius 3 is 1.29 bits per heavy atom. The van der Waals surface area contributed by atoms with Gasteiger partial charge in [-0.15, -0.1) is 0 Å². The fourth-order valence-corrected chi connectivity index (χ4v) is 0. The first-order chi connectivity index (χ1) is 2.00. The van der Waals surface area contributed by atoms with E-state index in [4.69, 9.17) is 15.9 Å². The Hall–Kier alpha value is 2.46. The number of hydrogen-bond donors (Lipinski definition) is 2. The Morgan fingerprint density at radius 1 is 1.29 bits per heavy atom. The summed E-state index contributed by atoms with van der Waals surface area (Å²) in [5.41, 5.74) is 0. The van der Waals surface area contributed by atoms with Crippen molar-refractivity contribution in [1.82, 2.24) is 0 Å². The molecule has 0 spiro atoms. The molecule has 0 aliphatic rings. The molecule has 0 unspecified atom stereocenters. The molecule has 0 atom stereocenters. The van der Waals surface area contributed by atoms with E-state index in [0.29, 0.717) is 0 Å². The quantitative estimate of drug-likeness (QED) is 0.431. The summed E-state index contributed by atoms with van der Waals surface area (Å²) in [6, 6.07) is 0. The maximum absolute atomic E-state index is 8.82. The predicted molar refractivity (Wildman–Crippen MR) is 22.3 cm³/mol. The third kappa shape index (κ3) is 58.5. The van der Waals surface area contributed by atoms with E-state index in [0.717, 1.165) is 0 Å². The van der Waals surface area contributed by atoms with Crippen molar-refractivity contribution in [3.05, 3.63) is 0 Å². The van der Waals surface area contributed by atoms with E-state index >= 15 is 0 Å². The molecular formula is H6CrO4PbSr. The molecular weight excluding hydrogens is 411 g/mol. The molecule has 0 aromatic heterocycles. The summed E-state index contributed by atoms with van der Waals surface area (Å²) in [7, 11) is 0. The Kier molecular flexibility index (Phi) is 15.2. The van der Waals surface area contributed by atoms with Gasteiger partial charge in [-0.1, -0.05) is 0 Å². The third-order valence-corrected chi connectivity index (χ3v) is 0. The summed E-state index contributed by atoms with van der Waals surface area (Å²) in [5.74, 6) is 0. The SMILES string of the molecule is [H-].[H-].[O]=[Cr](=[O])([OH])[OH].[PbH2].[Sr+2]. The zero-order valence-corrected chi connectivity index (χ0v) is 13.8. The Labute approximate surface area is 103 Å². The molecule has 0 heterocycles. The van der Waals surface area contributed by atoms with Gasteiger partial charge in [0.15, 0.2) is 0 Å². The van der Waals surface area contributed by atoms with Crippen molar-refractivity contribution in [1.29, 1.82) is 0 Å². The monoisotopic (exact) mass is 418 g/mol. The standard InChI is InChI=1S/Cr.2H2O.2O.Pb.Sr.4H/h;2*1H2;;;;;;;;/q+2;;;;;;+2;;;2*-1/p-2. The second-order valence-corrected chi connectivity index (χ2v) is 1.85. The molecule has 2 radical (unpaired) electrons. The maximum Gasteiger partial charge on any atom is 2.00 e. The minimum Gasteiger partial charge on any atom is 2.00 e. The zero-order chi connectivity index (χ0) is 4.50. The van der Waals surface area contributed by atoms with Gasteiger partial charge in [0, 0.05) is 0 Å². The second-order valence-electron chi connectivity index (χ2n) is 0.448. The molecule has 0 bridgehead atoms. The van der Waals surface area contributed by atoms with Gasteiger partial charge in [0.2, 0.25) is 0 Å². The smallest absolute Gasteiger partial charge is 2.00 e. The van der Waals surface area contributed by atoms with Crippen molar-refractivity contribution in [2.24, 2.45) is 0 Å². The van der Waals surface area contributed by atoms with Crippen molar-refractivity contribution in [3.8, 4) is 0 Å². The molecule has 0 rings (SSSR count). The molecule has 0 fully saturated rings. The molecule has 0 amide bonds. The van der Waals surface area contributed by atoms with E-state index < -0.39 is 13.6 Å². The largest absolute Gasteiger partial charge is 2.00 e. The summed E-state index contributed by atoms with van der Waals surface area (Å²) < 4.78 is 31.9. The van der Waals surface area contributed by atoms with E-state index in [2.05, 4.69) is 0 Å². The minimum atomic E-state index is -5.25. The Balaban J connectivity index is -0.0000000133. The first kappa shape index (κ1) is 16.2. The van der Waals surface area contributed by atoms with Crippen LogP contribution < -0.4 is 0 Å². The topological polar surface area (TPSA) is 74.6 Å². The summed E-state index contributed by atoms with van der Waals surface area (Å²) in [4.78, 5) is 0. The van der Waals surface area contributed by atoms with Crippen molar-refractivity contribution in [3.63, 3.8) is 0 Å². The molecule has 4 nitrogen and oxygen atoms in total. The van der Waals surface area contributed by atoms with Crippen LogP contribution in [0.3, 0.4) is 0 Å². The van der Waals surface area contributed by atoms with Gasteiger partial charge < -0.3 is 2.85 Å². The van der Waals surface area contributed by atoms with Gasteiger partial charge in [-0.25, -0.2) is 0 Å². The van der Waals surface area contributed by atoms with Crippen LogP contribution >= 0.6 is 0 Å². The number of hydrogen-bond acceptors (Lipinski definition) is 2. The Morgan fingerprint density at radius 2 is 1.29 bits per heavy atom. The molecule has 2 N–H and O–H groups in total. The second kappa shape index (κ2) is 6.57. The van der Waals surface area contributed by atoms with E-state index in [1.54, 1.807) is 0 Å². The summed E-state index contributed by atoms with van der Waals surface area (Å²) in [5, 5.41) is 0. The predicted octanol–water partition coefficient (Wildman–Crippen LogP) is -2.43. The molecule has 0 saturated heterocycles. The van der Waals surface area contributed by atoms with Crippen molar-refractivity contribution >= 4 is 72.8 Å². The van der Waals surface area contributed by atoms with Crippen molar-refractivity contribution < 1.29 is 32.4 Å². The molecule has 42 valence electrons. The maximum atomic E-state index is 8.82. The van der Waals surface area contributed by atoms with Crippen LogP contribution in [0.1, 0.15) is 2.85 Å². The summed E-state index contributed by atoms with van der Waals surface area (Å²) in [6.07, 6.45) is 0. The van der Waals surface area contributed by atoms with Crippen LogP contribution in [0, 0.1) is 0 Å². The van der Waals surface area contributed by atoms with E-state index in [1.807, 2.05) is 0 Å². The van der Waals surface area contributed by atoms with Crippen LogP contribution in [-0.4, -0.2) is 81.1 Å². The molecule has 7 heavy (non-hydrogen) atoms. The van der Waals surface area contributed by atoms with Crippen molar-refractivity contribution in [2.75, 3.05) is 0 Å². The molecule has 0 aromatic rings. The average Bonchev–Trinajstić information content (AvgIpc) is 0.722. The van der Waals surface area contributed by atoms with Gasteiger partial charge in [-0.05, 0) is 0 Å². The van der Waals surface area contributed by atoms with E-state index in [1.165, 1.54) is 0 Å². The van der Waals surface area contributed by atoms with E-state index in [-0.39, 0.29) is 75.6 Å². The van der Waals surface area contributed by atoms with Crippen LogP contribution in [0.25, 0.3) is 0 Å². The molecule has 0 aromatic carbocycles. The zero-order valence-electron chi connectivity index (χ0n) is 5.53. The van der Waals surface area contributed by atoms with E-state index in [9.17, 15) is 0 Å². The Bertz CT molecular complexity index is 102. The van der Waals surface area contributed by atoms with Crippen LogP contribution in [0.2, 0.25) is 0 Å². The van der Waals surface area contributed by atoms with Gasteiger partial charge in [-0.3, -0.25) is 0 Å². The van der Waals surface area contributed by atoms with Crippen LogP contribution in [0.5, 0.6) is 0 Å². The third-order valence-electron chi connectivity index (χ3n) is 0. The fraction of sp³-hybridized carbons (Fsp3) is 0. The minimum absolute atomic E-state index is 0. The van der Waals surface area contributed by atoms with Gasteiger partial charge in [0.1, 0.15) is 0 Å². The average molecular weight is 417 g/mol. The van der Waals surface area contributed by atoms with Crippen LogP contribution in [0.15, 0.2) is 0 Å². The normalized spacial score (nSPS) is 8.29. The van der Waals surface area contributed by atoms with Gasteiger partial charge in [0.25, 0.3) is 0 Å². The number of rotatable bonds is 0. The summed E-state index contributed by atoms with van der Waals surface area (Å²) in [6.45, 7) is 0. The fourth-order valence-electron chi connectivity index (χ4n) is 0. The molecule has 0 aliphatic carbocycles. The summed E-state index contributed by atoms with van der Waals surface area (Å²) >= 11 is -5.25. The van der Waals surface area contributed by atoms with Gasteiger partial charge in [0.05, 0.1) is 0 Å². The molecule has 0 aliphatic heterocycles. The van der Waals surface area contributed by atoms with Crippen LogP contribution in [0.4, 0.5) is 0 Å². The van der Waals surface area contributed by atoms with Crippen LogP contribution in [-0.2, 0) is 21.2 Å². The van der Waals surface area contributed by atoms with Gasteiger partial charge >= 0.3 is 102 Å². The first-order valence-electron chi connectivity index (χ1n) is 0.698. The van der Waals surface area contributed by atoms with Crippen molar-refractivity contribution in [2.45, 2.75) is 0 Å². The molecule has 0 saturated carbocycles. The van der Waals surface area contributed by atoms with Gasteiger partial charge in [-0.2, -0.15) is 0 Å². The molecule has 7 heteroatoms. The first-order valence-corrected chi connectivity index (χ1v) is 2.88.